The molecule has 4 nitrogen and oxygen atoms in total. The molecule has 1 aromatic rings. The first kappa shape index (κ1) is 15.5. The summed E-state index contributed by atoms with van der Waals surface area (Å²) in [7, 11) is 4.24. The number of carbonyl (C=O) groups excluding carboxylic acids is 1. The summed E-state index contributed by atoms with van der Waals surface area (Å²) in [5.74, 6) is 0.00589. The third-order valence-electron chi connectivity index (χ3n) is 5.12. The van der Waals surface area contributed by atoms with E-state index in [0.29, 0.717) is 5.41 Å². The Morgan fingerprint density at radius 3 is 2.45 bits per heavy atom. The number of hydrogen-bond donors (Lipinski definition) is 2. The van der Waals surface area contributed by atoms with Gasteiger partial charge in [-0.1, -0.05) is 12.1 Å². The Balaban J connectivity index is 1.65. The summed E-state index contributed by atoms with van der Waals surface area (Å²) >= 11 is 0. The van der Waals surface area contributed by atoms with Crippen LogP contribution in [0.4, 0.5) is 0 Å². The van der Waals surface area contributed by atoms with Gasteiger partial charge in [-0.25, -0.2) is 0 Å². The molecule has 0 aliphatic heterocycles. The van der Waals surface area contributed by atoms with E-state index in [9.17, 15) is 4.79 Å². The number of amides is 1. The number of likely N-dealkylation sites (N-methyl/N-ethyl adjacent to an activating group) is 1. The van der Waals surface area contributed by atoms with Crippen molar-refractivity contribution in [1.82, 2.24) is 10.2 Å². The van der Waals surface area contributed by atoms with Crippen molar-refractivity contribution in [2.45, 2.75) is 49.6 Å². The summed E-state index contributed by atoms with van der Waals surface area (Å²) in [5, 5.41) is 3.08. The van der Waals surface area contributed by atoms with Crippen molar-refractivity contribution in [2.75, 3.05) is 20.6 Å². The quantitative estimate of drug-likeness (QED) is 0.873. The van der Waals surface area contributed by atoms with Crippen molar-refractivity contribution in [1.29, 1.82) is 0 Å². The molecule has 2 unspecified atom stereocenters. The van der Waals surface area contributed by atoms with Gasteiger partial charge in [0.25, 0.3) is 5.91 Å². The molecular formula is C18H27N3O. The van der Waals surface area contributed by atoms with Crippen molar-refractivity contribution >= 4 is 5.91 Å². The standard InChI is InChI=1S/C18H27N3O/c1-21(2)12-18(10-11-18)14-8-6-13(7-9-14)17(22)20-16-5-3-4-15(16)19/h6-9,15-16H,3-5,10-12,19H2,1-2H3,(H,20,22). The fraction of sp³-hybridized carbons (Fsp3) is 0.611. The van der Waals surface area contributed by atoms with Crippen molar-refractivity contribution < 1.29 is 4.79 Å². The van der Waals surface area contributed by atoms with Crippen LogP contribution in [-0.2, 0) is 5.41 Å². The largest absolute Gasteiger partial charge is 0.348 e. The molecular weight excluding hydrogens is 274 g/mol. The van der Waals surface area contributed by atoms with E-state index in [4.69, 9.17) is 5.73 Å². The predicted molar refractivity (Wildman–Crippen MR) is 89.0 cm³/mol. The molecule has 22 heavy (non-hydrogen) atoms. The zero-order valence-electron chi connectivity index (χ0n) is 13.6. The van der Waals surface area contributed by atoms with Crippen LogP contribution in [0, 0.1) is 0 Å². The van der Waals surface area contributed by atoms with Crippen LogP contribution in [0.25, 0.3) is 0 Å². The zero-order chi connectivity index (χ0) is 15.7. The van der Waals surface area contributed by atoms with Gasteiger partial charge in [0.2, 0.25) is 0 Å². The first-order valence-corrected chi connectivity index (χ1v) is 8.32. The average molecular weight is 301 g/mol. The molecule has 3 rings (SSSR count). The Bertz CT molecular complexity index is 534. The van der Waals surface area contributed by atoms with Crippen LogP contribution in [-0.4, -0.2) is 43.5 Å². The molecule has 2 fully saturated rings. The number of rotatable bonds is 5. The lowest BCUT2D eigenvalue weighted by Gasteiger charge is -2.21. The van der Waals surface area contributed by atoms with Crippen LogP contribution < -0.4 is 11.1 Å². The minimum atomic E-state index is 0.00589. The van der Waals surface area contributed by atoms with Gasteiger partial charge in [-0.3, -0.25) is 4.79 Å². The van der Waals surface area contributed by atoms with E-state index in [1.807, 2.05) is 12.1 Å². The second-order valence-corrected chi connectivity index (χ2v) is 7.27. The summed E-state index contributed by atoms with van der Waals surface area (Å²) in [4.78, 5) is 14.6. The van der Waals surface area contributed by atoms with Crippen LogP contribution in [0.1, 0.15) is 48.0 Å². The highest BCUT2D eigenvalue weighted by Crippen LogP contribution is 2.48. The smallest absolute Gasteiger partial charge is 0.251 e. The summed E-state index contributed by atoms with van der Waals surface area (Å²) < 4.78 is 0. The van der Waals surface area contributed by atoms with Crippen LogP contribution in [0.15, 0.2) is 24.3 Å². The van der Waals surface area contributed by atoms with Gasteiger partial charge < -0.3 is 16.0 Å². The molecule has 0 aromatic heterocycles. The lowest BCUT2D eigenvalue weighted by Crippen LogP contribution is -2.43. The van der Waals surface area contributed by atoms with Gasteiger partial charge in [0.05, 0.1) is 0 Å². The van der Waals surface area contributed by atoms with Gasteiger partial charge in [-0.05, 0) is 63.9 Å². The summed E-state index contributed by atoms with van der Waals surface area (Å²) in [6, 6.07) is 8.41. The fourth-order valence-electron chi connectivity index (χ4n) is 3.69. The summed E-state index contributed by atoms with van der Waals surface area (Å²) in [6.45, 7) is 1.08. The second-order valence-electron chi connectivity index (χ2n) is 7.27. The topological polar surface area (TPSA) is 58.4 Å². The minimum Gasteiger partial charge on any atom is -0.348 e. The SMILES string of the molecule is CN(C)CC1(c2ccc(C(=O)NC3CCCC3N)cc2)CC1. The number of hydrogen-bond acceptors (Lipinski definition) is 3. The molecule has 1 amide bonds. The molecule has 0 heterocycles. The normalized spacial score (nSPS) is 26.2. The van der Waals surface area contributed by atoms with Crippen molar-refractivity contribution in [3.05, 3.63) is 35.4 Å². The zero-order valence-corrected chi connectivity index (χ0v) is 13.6. The van der Waals surface area contributed by atoms with Crippen molar-refractivity contribution in [3.63, 3.8) is 0 Å². The maximum atomic E-state index is 12.3. The van der Waals surface area contributed by atoms with E-state index in [2.05, 4.69) is 36.4 Å². The van der Waals surface area contributed by atoms with Crippen LogP contribution >= 0.6 is 0 Å². The van der Waals surface area contributed by atoms with E-state index >= 15 is 0 Å². The van der Waals surface area contributed by atoms with E-state index < -0.39 is 0 Å². The van der Waals surface area contributed by atoms with Gasteiger partial charge >= 0.3 is 0 Å². The van der Waals surface area contributed by atoms with Crippen LogP contribution in [0.2, 0.25) is 0 Å². The highest BCUT2D eigenvalue weighted by Gasteiger charge is 2.44. The molecule has 2 aliphatic carbocycles. The summed E-state index contributed by atoms with van der Waals surface area (Å²) in [6.07, 6.45) is 5.60. The Labute approximate surface area is 133 Å². The number of carbonyl (C=O) groups is 1. The number of benzene rings is 1. The molecule has 0 bridgehead atoms. The number of nitrogens with one attached hydrogen (secondary N) is 1. The lowest BCUT2D eigenvalue weighted by molar-refractivity contribution is 0.0934. The molecule has 2 aliphatic rings. The third-order valence-corrected chi connectivity index (χ3v) is 5.12. The number of nitrogens with two attached hydrogens (primary N) is 1. The van der Waals surface area contributed by atoms with E-state index in [1.165, 1.54) is 18.4 Å². The highest BCUT2D eigenvalue weighted by molar-refractivity contribution is 5.94. The highest BCUT2D eigenvalue weighted by atomic mass is 16.1. The molecule has 0 spiro atoms. The van der Waals surface area contributed by atoms with Gasteiger partial charge in [-0.15, -0.1) is 0 Å². The molecule has 0 radical (unpaired) electrons. The molecule has 2 saturated carbocycles. The Kier molecular flexibility index (Phi) is 4.24. The Hall–Kier alpha value is -1.39. The molecule has 120 valence electrons. The third kappa shape index (κ3) is 3.18. The van der Waals surface area contributed by atoms with E-state index in [-0.39, 0.29) is 18.0 Å². The second kappa shape index (κ2) is 6.01. The summed E-state index contributed by atoms with van der Waals surface area (Å²) in [5.41, 5.74) is 8.43. The Morgan fingerprint density at radius 1 is 1.27 bits per heavy atom. The van der Waals surface area contributed by atoms with Crippen LogP contribution in [0.3, 0.4) is 0 Å². The van der Waals surface area contributed by atoms with Gasteiger partial charge in [0, 0.05) is 29.6 Å². The van der Waals surface area contributed by atoms with Crippen LogP contribution in [0.5, 0.6) is 0 Å². The first-order chi connectivity index (χ1) is 10.5. The van der Waals surface area contributed by atoms with Crippen molar-refractivity contribution in [2.24, 2.45) is 5.73 Å². The van der Waals surface area contributed by atoms with Crippen molar-refractivity contribution in [3.8, 4) is 0 Å². The lowest BCUT2D eigenvalue weighted by atomic mass is 9.94. The maximum Gasteiger partial charge on any atom is 0.251 e. The Morgan fingerprint density at radius 2 is 1.95 bits per heavy atom. The molecule has 1 aromatic carbocycles. The minimum absolute atomic E-state index is 0.00589. The predicted octanol–water partition coefficient (Wildman–Crippen LogP) is 1.89. The average Bonchev–Trinajstić information content (AvgIpc) is 3.15. The molecule has 4 heteroatoms. The van der Waals surface area contributed by atoms with Gasteiger partial charge in [-0.2, -0.15) is 0 Å². The first-order valence-electron chi connectivity index (χ1n) is 8.32. The van der Waals surface area contributed by atoms with E-state index in [1.54, 1.807) is 0 Å². The maximum absolute atomic E-state index is 12.3. The number of nitrogens with zero attached hydrogens (tertiary/aromatic N) is 1. The molecule has 3 N–H and O–H groups in total. The molecule has 2 atom stereocenters. The monoisotopic (exact) mass is 301 g/mol. The van der Waals surface area contributed by atoms with E-state index in [0.717, 1.165) is 31.4 Å². The fourth-order valence-corrected chi connectivity index (χ4v) is 3.69. The van der Waals surface area contributed by atoms with Gasteiger partial charge in [0.15, 0.2) is 0 Å². The molecule has 0 saturated heterocycles. The van der Waals surface area contributed by atoms with Gasteiger partial charge in [0.1, 0.15) is 0 Å².